The molecule has 1 atom stereocenters. The lowest BCUT2D eigenvalue weighted by molar-refractivity contribution is -0.197. The molecule has 600 valence electrons. The highest BCUT2D eigenvalue weighted by atomic mass is 16.7. The van der Waals surface area contributed by atoms with Crippen LogP contribution in [0.5, 0.6) is 0 Å². The van der Waals surface area contributed by atoms with Crippen LogP contribution in [0.2, 0.25) is 0 Å². The van der Waals surface area contributed by atoms with Crippen molar-refractivity contribution in [1.29, 1.82) is 0 Å². The number of imide groups is 1. The van der Waals surface area contributed by atoms with Crippen LogP contribution in [0.4, 0.5) is 0 Å². The zero-order valence-corrected chi connectivity index (χ0v) is 67.8. The van der Waals surface area contributed by atoms with Gasteiger partial charge in [-0.25, -0.2) is 4.79 Å². The molecule has 6 aromatic carbocycles. The van der Waals surface area contributed by atoms with Crippen molar-refractivity contribution >= 4 is 109 Å². The van der Waals surface area contributed by atoms with Gasteiger partial charge < -0.3 is 79.3 Å². The Balaban J connectivity index is 0.782. The van der Waals surface area contributed by atoms with Crippen LogP contribution in [-0.2, 0) is 87.4 Å². The SMILES string of the molecule is CC1(C)OB(c2ccc(C(=O)NCc3cc(CNC(=O)c4ccc(B5OC(C)(C)C(C)(C)O5)cc4)cc(C(=O)NCCCC[C@H](NC(=O)c4cc(CNC(=O)c5ccc(B6OC(C)(C)C(C)(C)O6)cc5)cc(CNC(=O)c5ccc(B6OC(C)(C)C(C)(C)O6)cc5)c4)C(=O)NCCC(=O)ON4C(=O)CCC4=O)c3)cc2)OC1(C)C. The van der Waals surface area contributed by atoms with E-state index in [1.54, 1.807) is 133 Å². The molecule has 0 radical (unpaired) electrons. The Morgan fingerprint density at radius 2 is 0.623 bits per heavy atom. The molecule has 9 amide bonds. The van der Waals surface area contributed by atoms with Crippen LogP contribution in [0.15, 0.2) is 133 Å². The Hall–Kier alpha value is -9.84. The van der Waals surface area contributed by atoms with E-state index in [4.69, 9.17) is 42.1 Å². The molecule has 114 heavy (non-hydrogen) atoms. The predicted molar refractivity (Wildman–Crippen MR) is 428 cm³/mol. The molecular formula is C83H102B4N8O19. The van der Waals surface area contributed by atoms with Crippen LogP contribution in [0.1, 0.15) is 234 Å². The third kappa shape index (κ3) is 19.9. The molecule has 0 saturated carbocycles. The summed E-state index contributed by atoms with van der Waals surface area (Å²) in [7, 11) is -2.57. The van der Waals surface area contributed by atoms with Gasteiger partial charge in [-0.15, -0.1) is 5.06 Å². The monoisotopic (exact) mass is 1560 g/mol. The Kier molecular flexibility index (Phi) is 25.3. The first-order valence-corrected chi connectivity index (χ1v) is 38.6. The first-order valence-electron chi connectivity index (χ1n) is 38.6. The summed E-state index contributed by atoms with van der Waals surface area (Å²) in [6.07, 6.45) is -0.194. The molecule has 5 saturated heterocycles. The van der Waals surface area contributed by atoms with Gasteiger partial charge in [-0.05, 0) is 247 Å². The summed E-state index contributed by atoms with van der Waals surface area (Å²) in [4.78, 5) is 141. The quantitative estimate of drug-likeness (QED) is 0.0151. The van der Waals surface area contributed by atoms with Crippen molar-refractivity contribution in [2.75, 3.05) is 13.1 Å². The van der Waals surface area contributed by atoms with Crippen LogP contribution in [0.25, 0.3) is 0 Å². The largest absolute Gasteiger partial charge is 0.494 e. The van der Waals surface area contributed by atoms with Crippen LogP contribution < -0.4 is 59.1 Å². The molecule has 0 bridgehead atoms. The summed E-state index contributed by atoms with van der Waals surface area (Å²) in [5, 5.41) is 20.6. The van der Waals surface area contributed by atoms with E-state index in [9.17, 15) is 47.9 Å². The van der Waals surface area contributed by atoms with Crippen molar-refractivity contribution in [3.05, 3.63) is 189 Å². The lowest BCUT2D eigenvalue weighted by Crippen LogP contribution is -2.47. The lowest BCUT2D eigenvalue weighted by Gasteiger charge is -2.32. The average molecular weight is 1560 g/mol. The van der Waals surface area contributed by atoms with Crippen molar-refractivity contribution in [2.45, 2.75) is 226 Å². The van der Waals surface area contributed by atoms with Gasteiger partial charge in [-0.1, -0.05) is 60.7 Å². The number of nitrogens with one attached hydrogen (secondary N) is 7. The molecule has 0 aliphatic carbocycles. The summed E-state index contributed by atoms with van der Waals surface area (Å²) >= 11 is 0. The van der Waals surface area contributed by atoms with Gasteiger partial charge in [0.15, 0.2) is 0 Å². The van der Waals surface area contributed by atoms with E-state index in [1.165, 1.54) is 0 Å². The van der Waals surface area contributed by atoms with E-state index in [-0.39, 0.29) is 94.3 Å². The van der Waals surface area contributed by atoms with Gasteiger partial charge in [-0.3, -0.25) is 43.2 Å². The highest BCUT2D eigenvalue weighted by Gasteiger charge is 2.55. The van der Waals surface area contributed by atoms with E-state index >= 15 is 0 Å². The maximum absolute atomic E-state index is 14.8. The van der Waals surface area contributed by atoms with E-state index in [2.05, 4.69) is 37.2 Å². The molecule has 0 spiro atoms. The number of hydrogen-bond acceptors (Lipinski definition) is 19. The minimum atomic E-state index is -1.27. The van der Waals surface area contributed by atoms with E-state index < -0.39 is 133 Å². The van der Waals surface area contributed by atoms with Crippen molar-refractivity contribution < 1.29 is 90.0 Å². The Morgan fingerprint density at radius 1 is 0.351 bits per heavy atom. The summed E-state index contributed by atoms with van der Waals surface area (Å²) in [6, 6.07) is 36.1. The highest BCUT2D eigenvalue weighted by Crippen LogP contribution is 2.40. The highest BCUT2D eigenvalue weighted by molar-refractivity contribution is 6.63. The minimum Gasteiger partial charge on any atom is -0.399 e. The fourth-order valence-electron chi connectivity index (χ4n) is 12.9. The molecule has 11 rings (SSSR count). The average Bonchev–Trinajstić information content (AvgIpc) is 1.64. The van der Waals surface area contributed by atoms with Crippen molar-refractivity contribution in [3.63, 3.8) is 0 Å². The van der Waals surface area contributed by atoms with Gasteiger partial charge in [-0.2, -0.15) is 0 Å². The van der Waals surface area contributed by atoms with Crippen molar-refractivity contribution in [1.82, 2.24) is 42.3 Å². The van der Waals surface area contributed by atoms with E-state index in [0.29, 0.717) is 49.6 Å². The molecule has 5 aliphatic rings. The predicted octanol–water partition coefficient (Wildman–Crippen LogP) is 6.42. The minimum absolute atomic E-state index is 0.00454. The molecule has 6 aromatic rings. The fourth-order valence-corrected chi connectivity index (χ4v) is 12.9. The Labute approximate surface area is 667 Å². The van der Waals surface area contributed by atoms with Gasteiger partial charge in [0, 0.05) is 85.5 Å². The van der Waals surface area contributed by atoms with E-state index in [1.807, 2.05) is 111 Å². The van der Waals surface area contributed by atoms with Gasteiger partial charge in [0.1, 0.15) is 6.04 Å². The van der Waals surface area contributed by atoms with E-state index in [0.717, 1.165) is 21.9 Å². The molecule has 27 nitrogen and oxygen atoms in total. The molecular weight excluding hydrogens is 1460 g/mol. The summed E-state index contributed by atoms with van der Waals surface area (Å²) in [5.41, 5.74) is 2.02. The molecule has 31 heteroatoms. The van der Waals surface area contributed by atoms with Crippen molar-refractivity contribution in [2.24, 2.45) is 0 Å². The molecule has 5 aliphatic heterocycles. The van der Waals surface area contributed by atoms with Gasteiger partial charge in [0.25, 0.3) is 47.3 Å². The second kappa shape index (κ2) is 33.9. The first-order chi connectivity index (χ1) is 53.5. The molecule has 5 fully saturated rings. The fraction of sp³-hybridized carbons (Fsp3) is 0.446. The number of carbonyl (C=O) groups excluding carboxylic acids is 10. The van der Waals surface area contributed by atoms with Crippen LogP contribution >= 0.6 is 0 Å². The van der Waals surface area contributed by atoms with Crippen LogP contribution in [0.3, 0.4) is 0 Å². The summed E-state index contributed by atoms with van der Waals surface area (Å²) in [5.74, 6) is -5.89. The van der Waals surface area contributed by atoms with Gasteiger partial charge in [0.2, 0.25) is 5.91 Å². The number of hydrogen-bond donors (Lipinski definition) is 7. The Morgan fingerprint density at radius 3 is 0.912 bits per heavy atom. The Bertz CT molecular complexity index is 4340. The zero-order chi connectivity index (χ0) is 82.7. The number of carbonyl (C=O) groups is 10. The second-order valence-electron chi connectivity index (χ2n) is 33.5. The van der Waals surface area contributed by atoms with Crippen LogP contribution in [0, 0.1) is 0 Å². The second-order valence-corrected chi connectivity index (χ2v) is 33.5. The topological polar surface area (TPSA) is 341 Å². The molecule has 5 heterocycles. The first kappa shape index (κ1) is 85.1. The number of unbranched alkanes of at least 4 members (excludes halogenated alkanes) is 1. The summed E-state index contributed by atoms with van der Waals surface area (Å²) in [6.45, 7) is 30.9. The van der Waals surface area contributed by atoms with Gasteiger partial charge >= 0.3 is 34.4 Å². The van der Waals surface area contributed by atoms with Crippen molar-refractivity contribution in [3.8, 4) is 0 Å². The van der Waals surface area contributed by atoms with Gasteiger partial charge in [0.05, 0.1) is 51.2 Å². The third-order valence-electron chi connectivity index (χ3n) is 22.9. The van der Waals surface area contributed by atoms with Crippen LogP contribution in [-0.4, -0.2) is 157 Å². The summed E-state index contributed by atoms with van der Waals surface area (Å²) < 4.78 is 49.7. The number of rotatable bonds is 29. The molecule has 7 N–H and O–H groups in total. The molecule has 0 unspecified atom stereocenters. The number of hydroxylamine groups is 2. The number of amides is 9. The maximum atomic E-state index is 14.8. The number of benzene rings is 6. The third-order valence-corrected chi connectivity index (χ3v) is 22.9. The standard InChI is InChI=1S/C83H102B4N8O19/c1-76(2)77(3,4)108-84(107-76)61-28-20-55(21-29-61)69(99)90-47-51-41-52(48-91-70(100)56-22-30-62(31-23-56)85-109-78(5,6)79(7,8)110-85)44-59(43-51)73(103)88-39-18-17-19-65(75(105)89-40-38-68(98)106-95-66(96)36-37-67(95)97)94-74(104)60-45-53(49-92-71(101)57-24-32-63(33-25-57)86-111-80(9,10)81(11,12)112-86)42-54(46-60)50-93-72(102)58-26-34-64(35-27-58)87-113-82(13,14)83(15,16)114-87/h20-35,41-46,65H,17-19,36-40,47-50H2,1-16H3,(H,88,103)(H,89,105)(H,90,99)(H,91,100)(H,92,101)(H,93,102)(H,94,104)/t65-/m0/s1. The molecule has 0 aromatic heterocycles. The maximum Gasteiger partial charge on any atom is 0.494 e. The number of nitrogens with zero attached hydrogens (tertiary/aromatic N) is 1. The zero-order valence-electron chi connectivity index (χ0n) is 67.8. The normalized spacial score (nSPS) is 18.8. The lowest BCUT2D eigenvalue weighted by atomic mass is 9.79. The smallest absolute Gasteiger partial charge is 0.399 e.